The van der Waals surface area contributed by atoms with Crippen molar-refractivity contribution in [3.05, 3.63) is 58.4 Å². The number of aromatic nitrogens is 3. The van der Waals surface area contributed by atoms with Crippen molar-refractivity contribution in [1.29, 1.82) is 0 Å². The lowest BCUT2D eigenvalue weighted by Gasteiger charge is -2.20. The quantitative estimate of drug-likeness (QED) is 0.700. The highest BCUT2D eigenvalue weighted by Crippen LogP contribution is 2.13. The van der Waals surface area contributed by atoms with Crippen molar-refractivity contribution in [2.75, 3.05) is 6.54 Å². The van der Waals surface area contributed by atoms with E-state index in [1.807, 2.05) is 23.6 Å². The van der Waals surface area contributed by atoms with Crippen LogP contribution in [0.25, 0.3) is 0 Å². The molecule has 6 nitrogen and oxygen atoms in total. The van der Waals surface area contributed by atoms with Gasteiger partial charge in [0.25, 0.3) is 5.91 Å². The first-order chi connectivity index (χ1) is 10.7. The Morgan fingerprint density at radius 1 is 1.41 bits per heavy atom. The molecule has 0 atom stereocenters. The van der Waals surface area contributed by atoms with Gasteiger partial charge in [-0.05, 0) is 30.0 Å². The smallest absolute Gasteiger partial charge is 0.276 e. The molecule has 0 aliphatic heterocycles. The molecule has 0 unspecified atom stereocenters. The Kier molecular flexibility index (Phi) is 4.34. The zero-order valence-electron chi connectivity index (χ0n) is 12.2. The molecule has 0 saturated carbocycles. The number of thiophene rings is 1. The lowest BCUT2D eigenvalue weighted by Crippen LogP contribution is -2.32. The number of hydrogen-bond acceptors (Lipinski definition) is 5. The Balaban J connectivity index is 1.74. The fourth-order valence-corrected chi connectivity index (χ4v) is 2.85. The summed E-state index contributed by atoms with van der Waals surface area (Å²) in [5.74, 6) is 0.615. The van der Waals surface area contributed by atoms with Crippen molar-refractivity contribution >= 4 is 17.2 Å². The van der Waals surface area contributed by atoms with Gasteiger partial charge in [-0.2, -0.15) is 0 Å². The van der Waals surface area contributed by atoms with Gasteiger partial charge in [-0.3, -0.25) is 9.48 Å². The van der Waals surface area contributed by atoms with E-state index in [-0.39, 0.29) is 5.91 Å². The van der Waals surface area contributed by atoms with E-state index in [4.69, 9.17) is 4.42 Å². The van der Waals surface area contributed by atoms with Crippen LogP contribution in [0.5, 0.6) is 0 Å². The first-order valence-corrected chi connectivity index (χ1v) is 7.80. The number of hydrogen-bond donors (Lipinski definition) is 0. The first-order valence-electron chi connectivity index (χ1n) is 6.93. The molecule has 3 aromatic heterocycles. The van der Waals surface area contributed by atoms with Gasteiger partial charge in [-0.25, -0.2) is 0 Å². The largest absolute Gasteiger partial charge is 0.467 e. The van der Waals surface area contributed by atoms with Crippen LogP contribution in [-0.4, -0.2) is 32.3 Å². The minimum absolute atomic E-state index is 0.138. The molecule has 0 spiro atoms. The fraction of sp³-hybridized carbons (Fsp3) is 0.267. The molecular formula is C15H16N4O2S. The number of rotatable bonds is 6. The SMILES string of the molecule is Cn1cc(C(=O)N(CCc2cccs2)Cc2ccco2)nn1. The van der Waals surface area contributed by atoms with E-state index in [9.17, 15) is 4.79 Å². The van der Waals surface area contributed by atoms with E-state index in [1.165, 1.54) is 9.56 Å². The van der Waals surface area contributed by atoms with E-state index < -0.39 is 0 Å². The number of nitrogens with zero attached hydrogens (tertiary/aromatic N) is 4. The summed E-state index contributed by atoms with van der Waals surface area (Å²) in [5.41, 5.74) is 0.347. The van der Waals surface area contributed by atoms with E-state index in [0.29, 0.717) is 18.8 Å². The molecule has 3 rings (SSSR count). The number of amides is 1. The van der Waals surface area contributed by atoms with Gasteiger partial charge >= 0.3 is 0 Å². The van der Waals surface area contributed by atoms with E-state index >= 15 is 0 Å². The van der Waals surface area contributed by atoms with Crippen molar-refractivity contribution in [2.24, 2.45) is 7.05 Å². The second kappa shape index (κ2) is 6.57. The zero-order chi connectivity index (χ0) is 15.4. The van der Waals surface area contributed by atoms with Crippen LogP contribution >= 0.6 is 11.3 Å². The summed E-state index contributed by atoms with van der Waals surface area (Å²) in [6.45, 7) is 1.03. The van der Waals surface area contributed by atoms with Crippen molar-refractivity contribution in [2.45, 2.75) is 13.0 Å². The van der Waals surface area contributed by atoms with Crippen molar-refractivity contribution in [3.8, 4) is 0 Å². The average Bonchev–Trinajstić information content (AvgIpc) is 3.25. The highest BCUT2D eigenvalue weighted by atomic mass is 32.1. The van der Waals surface area contributed by atoms with E-state index in [1.54, 1.807) is 35.7 Å². The molecule has 0 aliphatic rings. The third-order valence-electron chi connectivity index (χ3n) is 3.24. The zero-order valence-corrected chi connectivity index (χ0v) is 13.0. The van der Waals surface area contributed by atoms with Crippen LogP contribution < -0.4 is 0 Å². The van der Waals surface area contributed by atoms with Gasteiger partial charge in [0.2, 0.25) is 0 Å². The molecule has 0 bridgehead atoms. The highest BCUT2D eigenvalue weighted by molar-refractivity contribution is 7.09. The van der Waals surface area contributed by atoms with Crippen LogP contribution in [0.15, 0.2) is 46.5 Å². The van der Waals surface area contributed by atoms with Gasteiger partial charge in [0.1, 0.15) is 5.76 Å². The molecule has 7 heteroatoms. The molecule has 0 aromatic carbocycles. The average molecular weight is 316 g/mol. The predicted molar refractivity (Wildman–Crippen MR) is 82.5 cm³/mol. The molecule has 114 valence electrons. The minimum atomic E-state index is -0.138. The highest BCUT2D eigenvalue weighted by Gasteiger charge is 2.20. The summed E-state index contributed by atoms with van der Waals surface area (Å²) in [4.78, 5) is 15.6. The molecule has 1 amide bonds. The van der Waals surface area contributed by atoms with E-state index in [2.05, 4.69) is 16.4 Å². The fourth-order valence-electron chi connectivity index (χ4n) is 2.15. The number of carbonyl (C=O) groups excluding carboxylic acids is 1. The Bertz CT molecular complexity index is 719. The Morgan fingerprint density at radius 2 is 2.32 bits per heavy atom. The van der Waals surface area contributed by atoms with Crippen molar-refractivity contribution in [3.63, 3.8) is 0 Å². The maximum absolute atomic E-state index is 12.6. The van der Waals surface area contributed by atoms with Crippen LogP contribution in [0.2, 0.25) is 0 Å². The number of aryl methyl sites for hydroxylation is 1. The topological polar surface area (TPSA) is 64.2 Å². The molecule has 3 aromatic rings. The van der Waals surface area contributed by atoms with Crippen LogP contribution in [0.4, 0.5) is 0 Å². The normalized spacial score (nSPS) is 10.8. The summed E-state index contributed by atoms with van der Waals surface area (Å²) >= 11 is 1.69. The van der Waals surface area contributed by atoms with Gasteiger partial charge in [0, 0.05) is 18.5 Å². The van der Waals surface area contributed by atoms with Crippen molar-refractivity contribution in [1.82, 2.24) is 19.9 Å². The molecule has 22 heavy (non-hydrogen) atoms. The minimum Gasteiger partial charge on any atom is -0.467 e. The maximum atomic E-state index is 12.6. The van der Waals surface area contributed by atoms with E-state index in [0.717, 1.165) is 12.2 Å². The van der Waals surface area contributed by atoms with Gasteiger partial charge < -0.3 is 9.32 Å². The summed E-state index contributed by atoms with van der Waals surface area (Å²) in [5, 5.41) is 9.77. The van der Waals surface area contributed by atoms with Gasteiger partial charge in [-0.15, -0.1) is 16.4 Å². The number of furan rings is 1. The van der Waals surface area contributed by atoms with Gasteiger partial charge in [0.15, 0.2) is 5.69 Å². The molecule has 0 radical (unpaired) electrons. The lowest BCUT2D eigenvalue weighted by atomic mass is 10.2. The van der Waals surface area contributed by atoms with Gasteiger partial charge in [0.05, 0.1) is 19.0 Å². The summed E-state index contributed by atoms with van der Waals surface area (Å²) < 4.78 is 6.89. The molecule has 0 N–H and O–H groups in total. The Labute approximate surface area is 132 Å². The first kappa shape index (κ1) is 14.5. The molecule has 3 heterocycles. The van der Waals surface area contributed by atoms with Crippen LogP contribution in [0, 0.1) is 0 Å². The predicted octanol–water partition coefficient (Wildman–Crippen LogP) is 2.35. The van der Waals surface area contributed by atoms with Crippen LogP contribution in [0.1, 0.15) is 21.1 Å². The second-order valence-electron chi connectivity index (χ2n) is 4.91. The van der Waals surface area contributed by atoms with Gasteiger partial charge in [-0.1, -0.05) is 11.3 Å². The molecular weight excluding hydrogens is 300 g/mol. The van der Waals surface area contributed by atoms with Crippen molar-refractivity contribution < 1.29 is 9.21 Å². The standard InChI is InChI=1S/C15H16N4O2S/c1-18-11-14(16-17-18)15(20)19(10-12-4-2-8-21-12)7-6-13-5-3-9-22-13/h2-5,8-9,11H,6-7,10H2,1H3. The Hall–Kier alpha value is -2.41. The lowest BCUT2D eigenvalue weighted by molar-refractivity contribution is 0.0727. The third kappa shape index (κ3) is 3.43. The second-order valence-corrected chi connectivity index (χ2v) is 5.95. The summed E-state index contributed by atoms with van der Waals surface area (Å²) in [6, 6.07) is 7.77. The summed E-state index contributed by atoms with van der Waals surface area (Å²) in [6.07, 6.45) is 4.05. The molecule has 0 fully saturated rings. The third-order valence-corrected chi connectivity index (χ3v) is 4.18. The van der Waals surface area contributed by atoms with Crippen LogP contribution in [-0.2, 0) is 20.0 Å². The maximum Gasteiger partial charge on any atom is 0.276 e. The molecule has 0 saturated heterocycles. The Morgan fingerprint density at radius 3 is 2.95 bits per heavy atom. The van der Waals surface area contributed by atoms with Crippen LogP contribution in [0.3, 0.4) is 0 Å². The summed E-state index contributed by atoms with van der Waals surface area (Å²) in [7, 11) is 1.74. The number of carbonyl (C=O) groups is 1. The molecule has 0 aliphatic carbocycles. The monoisotopic (exact) mass is 316 g/mol.